The second-order valence-electron chi connectivity index (χ2n) is 5.78. The van der Waals surface area contributed by atoms with Crippen molar-refractivity contribution in [2.24, 2.45) is 5.73 Å². The van der Waals surface area contributed by atoms with Gasteiger partial charge in [-0.2, -0.15) is 0 Å². The normalized spacial score (nSPS) is 13.0. The molecule has 0 atom stereocenters. The van der Waals surface area contributed by atoms with Crippen molar-refractivity contribution in [1.82, 2.24) is 0 Å². The zero-order chi connectivity index (χ0) is 14.0. The molecule has 0 spiro atoms. The van der Waals surface area contributed by atoms with Gasteiger partial charge in [0.1, 0.15) is 0 Å². The van der Waals surface area contributed by atoms with E-state index in [1.54, 1.807) is 12.1 Å². The van der Waals surface area contributed by atoms with Gasteiger partial charge in [-0.3, -0.25) is 0 Å². The maximum atomic E-state index is 12.1. The molecule has 1 rings (SSSR count). The van der Waals surface area contributed by atoms with E-state index in [4.69, 9.17) is 5.73 Å². The van der Waals surface area contributed by atoms with Gasteiger partial charge < -0.3 is 5.73 Å². The Labute approximate surface area is 110 Å². The first kappa shape index (κ1) is 15.2. The van der Waals surface area contributed by atoms with E-state index in [-0.39, 0.29) is 5.75 Å². The molecular formula is C14H23NO2S. The molecule has 102 valence electrons. The summed E-state index contributed by atoms with van der Waals surface area (Å²) in [5, 5.41) is 0. The summed E-state index contributed by atoms with van der Waals surface area (Å²) >= 11 is 0. The van der Waals surface area contributed by atoms with Crippen molar-refractivity contribution >= 4 is 9.84 Å². The van der Waals surface area contributed by atoms with Gasteiger partial charge in [-0.15, -0.1) is 0 Å². The minimum Gasteiger partial charge on any atom is -0.326 e. The molecular weight excluding hydrogens is 246 g/mol. The van der Waals surface area contributed by atoms with E-state index in [1.807, 2.05) is 26.0 Å². The highest BCUT2D eigenvalue weighted by atomic mass is 32.2. The average Bonchev–Trinajstić information content (AvgIpc) is 2.26. The minimum absolute atomic E-state index is 0.0948. The molecule has 0 aliphatic carbocycles. The lowest BCUT2D eigenvalue weighted by molar-refractivity contribution is 0.495. The number of hydrogen-bond acceptors (Lipinski definition) is 3. The van der Waals surface area contributed by atoms with Crippen LogP contribution in [-0.4, -0.2) is 19.7 Å². The molecule has 0 saturated heterocycles. The second kappa shape index (κ2) is 5.41. The summed E-state index contributed by atoms with van der Waals surface area (Å²) in [5.41, 5.74) is 6.51. The van der Waals surface area contributed by atoms with Crippen molar-refractivity contribution in [3.8, 4) is 0 Å². The van der Waals surface area contributed by atoms with Gasteiger partial charge >= 0.3 is 0 Å². The maximum absolute atomic E-state index is 12.1. The van der Waals surface area contributed by atoms with Crippen molar-refractivity contribution in [2.45, 2.75) is 50.5 Å². The van der Waals surface area contributed by atoms with Gasteiger partial charge in [-0.05, 0) is 43.9 Å². The molecule has 1 aromatic rings. The molecule has 0 heterocycles. The summed E-state index contributed by atoms with van der Waals surface area (Å²) < 4.78 is 24.2. The summed E-state index contributed by atoms with van der Waals surface area (Å²) in [4.78, 5) is 0.385. The molecule has 3 nitrogen and oxygen atoms in total. The quantitative estimate of drug-likeness (QED) is 0.894. The predicted molar refractivity (Wildman–Crippen MR) is 75.5 cm³/mol. The van der Waals surface area contributed by atoms with Gasteiger partial charge in [0.25, 0.3) is 0 Å². The number of rotatable bonds is 5. The van der Waals surface area contributed by atoms with Crippen LogP contribution in [-0.2, 0) is 9.84 Å². The largest absolute Gasteiger partial charge is 0.326 e. The minimum atomic E-state index is -3.22. The topological polar surface area (TPSA) is 60.2 Å². The highest BCUT2D eigenvalue weighted by Gasteiger charge is 2.19. The van der Waals surface area contributed by atoms with Crippen molar-refractivity contribution in [3.05, 3.63) is 29.8 Å². The third-order valence-corrected chi connectivity index (χ3v) is 4.65. The van der Waals surface area contributed by atoms with Crippen LogP contribution >= 0.6 is 0 Å². The fraction of sp³-hybridized carbons (Fsp3) is 0.571. The number of nitrogens with two attached hydrogens (primary N) is 1. The molecule has 0 aromatic heterocycles. The van der Waals surface area contributed by atoms with E-state index in [0.29, 0.717) is 17.2 Å². The Morgan fingerprint density at radius 1 is 1.17 bits per heavy atom. The number of hydrogen-bond donors (Lipinski definition) is 1. The van der Waals surface area contributed by atoms with E-state index in [0.717, 1.165) is 5.56 Å². The summed E-state index contributed by atoms with van der Waals surface area (Å²) in [6.07, 6.45) is 0.460. The van der Waals surface area contributed by atoms with Crippen LogP contribution in [0.2, 0.25) is 0 Å². The van der Waals surface area contributed by atoms with Crippen LogP contribution in [0.1, 0.15) is 45.6 Å². The Morgan fingerprint density at radius 3 is 2.06 bits per heavy atom. The Kier molecular flexibility index (Phi) is 4.56. The molecule has 2 N–H and O–H groups in total. The van der Waals surface area contributed by atoms with Crippen LogP contribution in [0, 0.1) is 0 Å². The lowest BCUT2D eigenvalue weighted by Crippen LogP contribution is -2.34. The zero-order valence-corrected chi connectivity index (χ0v) is 12.4. The van der Waals surface area contributed by atoms with Gasteiger partial charge in [0.05, 0.1) is 10.6 Å². The Balaban J connectivity index is 2.86. The standard InChI is InChI=1S/C14H23NO2S/c1-11(2)12-5-7-13(8-6-12)18(16,17)10-9-14(3,4)15/h5-8,11H,9-10,15H2,1-4H3. The number of sulfone groups is 1. The van der Waals surface area contributed by atoms with E-state index in [9.17, 15) is 8.42 Å². The molecule has 0 saturated carbocycles. The number of benzene rings is 1. The highest BCUT2D eigenvalue weighted by molar-refractivity contribution is 7.91. The van der Waals surface area contributed by atoms with Crippen LogP contribution in [0.3, 0.4) is 0 Å². The van der Waals surface area contributed by atoms with Crippen LogP contribution < -0.4 is 5.73 Å². The van der Waals surface area contributed by atoms with Crippen molar-refractivity contribution in [3.63, 3.8) is 0 Å². The Hall–Kier alpha value is -0.870. The third kappa shape index (κ3) is 4.42. The molecule has 0 fully saturated rings. The van der Waals surface area contributed by atoms with Crippen molar-refractivity contribution in [2.75, 3.05) is 5.75 Å². The van der Waals surface area contributed by atoms with Crippen LogP contribution in [0.4, 0.5) is 0 Å². The summed E-state index contributed by atoms with van der Waals surface area (Å²) in [5.74, 6) is 0.502. The molecule has 4 heteroatoms. The fourth-order valence-electron chi connectivity index (χ4n) is 1.58. The van der Waals surface area contributed by atoms with Gasteiger partial charge in [0.2, 0.25) is 0 Å². The summed E-state index contributed by atoms with van der Waals surface area (Å²) in [6.45, 7) is 7.84. The molecule has 1 aromatic carbocycles. The van der Waals surface area contributed by atoms with Gasteiger partial charge in [0.15, 0.2) is 9.84 Å². The predicted octanol–water partition coefficient (Wildman–Crippen LogP) is 2.71. The first-order chi connectivity index (χ1) is 8.12. The van der Waals surface area contributed by atoms with E-state index < -0.39 is 15.4 Å². The molecule has 0 bridgehead atoms. The first-order valence-electron chi connectivity index (χ1n) is 6.23. The molecule has 0 radical (unpaired) electrons. The fourth-order valence-corrected chi connectivity index (χ4v) is 3.16. The maximum Gasteiger partial charge on any atom is 0.178 e. The van der Waals surface area contributed by atoms with E-state index in [2.05, 4.69) is 13.8 Å². The van der Waals surface area contributed by atoms with Gasteiger partial charge in [-0.1, -0.05) is 26.0 Å². The molecule has 18 heavy (non-hydrogen) atoms. The Morgan fingerprint density at radius 2 is 1.67 bits per heavy atom. The van der Waals surface area contributed by atoms with Crippen LogP contribution in [0.5, 0.6) is 0 Å². The highest BCUT2D eigenvalue weighted by Crippen LogP contribution is 2.19. The Bertz CT molecular complexity index is 482. The van der Waals surface area contributed by atoms with Crippen molar-refractivity contribution < 1.29 is 8.42 Å². The molecule has 0 amide bonds. The van der Waals surface area contributed by atoms with Crippen LogP contribution in [0.15, 0.2) is 29.2 Å². The van der Waals surface area contributed by atoms with Gasteiger partial charge in [-0.25, -0.2) is 8.42 Å². The molecule has 0 aliphatic heterocycles. The lowest BCUT2D eigenvalue weighted by atomic mass is 10.0. The van der Waals surface area contributed by atoms with E-state index in [1.165, 1.54) is 0 Å². The van der Waals surface area contributed by atoms with E-state index >= 15 is 0 Å². The summed E-state index contributed by atoms with van der Waals surface area (Å²) in [6, 6.07) is 7.14. The third-order valence-electron chi connectivity index (χ3n) is 2.92. The molecule has 0 aliphatic rings. The van der Waals surface area contributed by atoms with Crippen molar-refractivity contribution in [1.29, 1.82) is 0 Å². The SMILES string of the molecule is CC(C)c1ccc(S(=O)(=O)CCC(C)(C)N)cc1. The van der Waals surface area contributed by atoms with Crippen LogP contribution in [0.25, 0.3) is 0 Å². The lowest BCUT2D eigenvalue weighted by Gasteiger charge is -2.18. The smallest absolute Gasteiger partial charge is 0.178 e. The molecule has 0 unspecified atom stereocenters. The second-order valence-corrected chi connectivity index (χ2v) is 7.89. The van der Waals surface area contributed by atoms with Gasteiger partial charge in [0, 0.05) is 5.54 Å². The zero-order valence-electron chi connectivity index (χ0n) is 11.6. The average molecular weight is 269 g/mol. The first-order valence-corrected chi connectivity index (χ1v) is 7.89. The summed E-state index contributed by atoms with van der Waals surface area (Å²) in [7, 11) is -3.22. The monoisotopic (exact) mass is 269 g/mol.